The molecule has 0 radical (unpaired) electrons. The van der Waals surface area contributed by atoms with Crippen LogP contribution in [-0.4, -0.2) is 4.98 Å². The summed E-state index contributed by atoms with van der Waals surface area (Å²) in [5.41, 5.74) is 2.10. The minimum absolute atomic E-state index is 0.431. The highest BCUT2D eigenvalue weighted by atomic mass is 32.1. The molecule has 0 aliphatic carbocycles. The van der Waals surface area contributed by atoms with E-state index in [4.69, 9.17) is 10.00 Å². The van der Waals surface area contributed by atoms with E-state index in [2.05, 4.69) is 31.0 Å². The van der Waals surface area contributed by atoms with Crippen LogP contribution in [0.15, 0.2) is 24.3 Å². The van der Waals surface area contributed by atoms with Crippen molar-refractivity contribution >= 4 is 11.3 Å². The summed E-state index contributed by atoms with van der Waals surface area (Å²) < 4.78 is 5.84. The highest BCUT2D eigenvalue weighted by Gasteiger charge is 2.11. The van der Waals surface area contributed by atoms with E-state index >= 15 is 0 Å². The van der Waals surface area contributed by atoms with Crippen molar-refractivity contribution in [3.8, 4) is 11.8 Å². The predicted molar refractivity (Wildman–Crippen MR) is 81.0 cm³/mol. The lowest BCUT2D eigenvalue weighted by molar-refractivity contribution is 0.302. The molecule has 3 nitrogen and oxygen atoms in total. The first-order chi connectivity index (χ1) is 9.78. The maximum Gasteiger partial charge on any atom is 0.140 e. The Bertz CT molecular complexity index is 613. The van der Waals surface area contributed by atoms with Crippen LogP contribution in [0.25, 0.3) is 0 Å². The smallest absolute Gasteiger partial charge is 0.140 e. The summed E-state index contributed by atoms with van der Waals surface area (Å²) in [5.74, 6) is 0.903. The molecule has 0 aliphatic rings. The summed E-state index contributed by atoms with van der Waals surface area (Å²) in [6.45, 7) is 4.63. The Morgan fingerprint density at radius 2 is 2.10 bits per heavy atom. The van der Waals surface area contributed by atoms with Gasteiger partial charge in [-0.1, -0.05) is 38.5 Å². The van der Waals surface area contributed by atoms with Crippen molar-refractivity contribution in [2.75, 3.05) is 0 Å². The van der Waals surface area contributed by atoms with Crippen molar-refractivity contribution in [2.24, 2.45) is 0 Å². The Kier molecular flexibility index (Phi) is 5.14. The van der Waals surface area contributed by atoms with Crippen molar-refractivity contribution < 1.29 is 4.74 Å². The molecule has 2 rings (SSSR count). The highest BCUT2D eigenvalue weighted by molar-refractivity contribution is 7.12. The van der Waals surface area contributed by atoms with Gasteiger partial charge in [-0.25, -0.2) is 4.98 Å². The van der Waals surface area contributed by atoms with Gasteiger partial charge in [-0.2, -0.15) is 5.26 Å². The minimum atomic E-state index is 0.431. The molecule has 104 valence electrons. The molecular weight excluding hydrogens is 268 g/mol. The molecule has 20 heavy (non-hydrogen) atoms. The van der Waals surface area contributed by atoms with Gasteiger partial charge in [-0.15, -0.1) is 11.3 Å². The SMILES string of the molecule is CCCc1nc(COc2ccccc2CC)sc1C#N. The monoisotopic (exact) mass is 286 g/mol. The molecule has 0 fully saturated rings. The van der Waals surface area contributed by atoms with Crippen LogP contribution in [0.2, 0.25) is 0 Å². The molecule has 2 aromatic rings. The molecule has 1 aromatic heterocycles. The summed E-state index contributed by atoms with van der Waals surface area (Å²) >= 11 is 1.43. The first-order valence-corrected chi connectivity index (χ1v) is 7.69. The van der Waals surface area contributed by atoms with E-state index in [0.717, 1.165) is 35.7 Å². The third-order valence-corrected chi connectivity index (χ3v) is 4.01. The standard InChI is InChI=1S/C16H18N2OS/c1-3-7-13-15(10-17)20-16(18-13)11-19-14-9-6-5-8-12(14)4-2/h5-6,8-9H,3-4,7,11H2,1-2H3. The lowest BCUT2D eigenvalue weighted by Gasteiger charge is -2.08. The van der Waals surface area contributed by atoms with Crippen molar-refractivity contribution in [3.63, 3.8) is 0 Å². The number of nitrogens with zero attached hydrogens (tertiary/aromatic N) is 2. The van der Waals surface area contributed by atoms with Gasteiger partial charge >= 0.3 is 0 Å². The Labute approximate surface area is 123 Å². The lowest BCUT2D eigenvalue weighted by atomic mass is 10.1. The number of thiazole rings is 1. The van der Waals surface area contributed by atoms with E-state index in [-0.39, 0.29) is 0 Å². The largest absolute Gasteiger partial charge is 0.486 e. The summed E-state index contributed by atoms with van der Waals surface area (Å²) in [4.78, 5) is 5.23. The fourth-order valence-corrected chi connectivity index (χ4v) is 2.85. The summed E-state index contributed by atoms with van der Waals surface area (Å²) in [6, 6.07) is 10.3. The number of rotatable bonds is 6. The molecule has 1 aromatic carbocycles. The summed E-state index contributed by atoms with van der Waals surface area (Å²) in [7, 11) is 0. The zero-order valence-corrected chi connectivity index (χ0v) is 12.7. The molecule has 4 heteroatoms. The van der Waals surface area contributed by atoms with Crippen molar-refractivity contribution in [3.05, 3.63) is 45.4 Å². The molecular formula is C16H18N2OS. The van der Waals surface area contributed by atoms with Crippen LogP contribution in [0.5, 0.6) is 5.75 Å². The molecule has 0 atom stereocenters. The third kappa shape index (κ3) is 3.37. The van der Waals surface area contributed by atoms with E-state index in [1.165, 1.54) is 16.9 Å². The normalized spacial score (nSPS) is 10.2. The maximum absolute atomic E-state index is 9.11. The second-order valence-corrected chi connectivity index (χ2v) is 5.58. The average molecular weight is 286 g/mol. The second-order valence-electron chi connectivity index (χ2n) is 4.50. The number of hydrogen-bond donors (Lipinski definition) is 0. The van der Waals surface area contributed by atoms with Gasteiger partial charge < -0.3 is 4.74 Å². The fraction of sp³-hybridized carbons (Fsp3) is 0.375. The molecule has 0 unspecified atom stereocenters. The van der Waals surface area contributed by atoms with E-state index in [1.807, 2.05) is 18.2 Å². The van der Waals surface area contributed by atoms with Gasteiger partial charge in [0, 0.05) is 0 Å². The average Bonchev–Trinajstić information content (AvgIpc) is 2.88. The number of hydrogen-bond acceptors (Lipinski definition) is 4. The summed E-state index contributed by atoms with van der Waals surface area (Å²) in [6.07, 6.45) is 2.79. The lowest BCUT2D eigenvalue weighted by Crippen LogP contribution is -1.98. The Balaban J connectivity index is 2.09. The van der Waals surface area contributed by atoms with Crippen LogP contribution in [0.4, 0.5) is 0 Å². The number of ether oxygens (including phenoxy) is 1. The van der Waals surface area contributed by atoms with Gasteiger partial charge in [0.1, 0.15) is 28.3 Å². The van der Waals surface area contributed by atoms with Gasteiger partial charge in [0.05, 0.1) is 5.69 Å². The number of aromatic nitrogens is 1. The molecule has 0 amide bonds. The number of benzene rings is 1. The van der Waals surface area contributed by atoms with Gasteiger partial charge in [0.25, 0.3) is 0 Å². The predicted octanol–water partition coefficient (Wildman–Crippen LogP) is 4.11. The number of nitriles is 1. The fourth-order valence-electron chi connectivity index (χ4n) is 2.03. The maximum atomic E-state index is 9.11. The van der Waals surface area contributed by atoms with Crippen molar-refractivity contribution in [1.29, 1.82) is 5.26 Å². The zero-order chi connectivity index (χ0) is 14.4. The molecule has 1 heterocycles. The number of aryl methyl sites for hydroxylation is 2. The quantitative estimate of drug-likeness (QED) is 0.802. The van der Waals surface area contributed by atoms with E-state index in [9.17, 15) is 0 Å². The molecule has 0 spiro atoms. The Hall–Kier alpha value is -1.86. The van der Waals surface area contributed by atoms with E-state index in [1.54, 1.807) is 0 Å². The Morgan fingerprint density at radius 3 is 2.80 bits per heavy atom. The topological polar surface area (TPSA) is 45.9 Å². The first-order valence-electron chi connectivity index (χ1n) is 6.87. The van der Waals surface area contributed by atoms with E-state index < -0.39 is 0 Å². The van der Waals surface area contributed by atoms with Crippen LogP contribution in [-0.2, 0) is 19.4 Å². The van der Waals surface area contributed by atoms with Gasteiger partial charge in [0.2, 0.25) is 0 Å². The van der Waals surface area contributed by atoms with Gasteiger partial charge in [0.15, 0.2) is 0 Å². The van der Waals surface area contributed by atoms with Crippen LogP contribution >= 0.6 is 11.3 Å². The molecule has 0 bridgehead atoms. The second kappa shape index (κ2) is 7.06. The highest BCUT2D eigenvalue weighted by Crippen LogP contribution is 2.23. The third-order valence-electron chi connectivity index (χ3n) is 3.03. The molecule has 0 saturated carbocycles. The van der Waals surface area contributed by atoms with Crippen LogP contribution in [0.1, 0.15) is 41.4 Å². The Morgan fingerprint density at radius 1 is 1.30 bits per heavy atom. The first kappa shape index (κ1) is 14.5. The van der Waals surface area contributed by atoms with E-state index in [0.29, 0.717) is 11.5 Å². The van der Waals surface area contributed by atoms with Gasteiger partial charge in [-0.05, 0) is 24.5 Å². The van der Waals surface area contributed by atoms with Crippen LogP contribution in [0.3, 0.4) is 0 Å². The van der Waals surface area contributed by atoms with Crippen LogP contribution in [0, 0.1) is 11.3 Å². The van der Waals surface area contributed by atoms with Gasteiger partial charge in [-0.3, -0.25) is 0 Å². The zero-order valence-electron chi connectivity index (χ0n) is 11.8. The minimum Gasteiger partial charge on any atom is -0.486 e. The summed E-state index contributed by atoms with van der Waals surface area (Å²) in [5, 5.41) is 9.98. The number of para-hydroxylation sites is 1. The molecule has 0 aliphatic heterocycles. The van der Waals surface area contributed by atoms with Crippen LogP contribution < -0.4 is 4.74 Å². The molecule has 0 N–H and O–H groups in total. The van der Waals surface area contributed by atoms with Crippen molar-refractivity contribution in [2.45, 2.75) is 39.7 Å². The van der Waals surface area contributed by atoms with Crippen molar-refractivity contribution in [1.82, 2.24) is 4.98 Å². The molecule has 0 saturated heterocycles.